The number of carbonyl (C=O) groups excluding carboxylic acids is 1. The zero-order valence-electron chi connectivity index (χ0n) is 16.7. The number of aliphatic imine (C=N–C) groups is 1. The van der Waals surface area contributed by atoms with Gasteiger partial charge >= 0.3 is 0 Å². The molecular formula is C21H22N6O3S. The first-order valence-corrected chi connectivity index (χ1v) is 10.2. The number of nitro groups is 1. The van der Waals surface area contributed by atoms with Crippen molar-refractivity contribution in [2.45, 2.75) is 18.8 Å². The largest absolute Gasteiger partial charge is 0.363 e. The van der Waals surface area contributed by atoms with Gasteiger partial charge in [-0.15, -0.1) is 0 Å². The third-order valence-corrected chi connectivity index (χ3v) is 4.93. The van der Waals surface area contributed by atoms with Crippen molar-refractivity contribution in [1.29, 1.82) is 0 Å². The quantitative estimate of drug-likeness (QED) is 0.173. The first-order chi connectivity index (χ1) is 15.0. The van der Waals surface area contributed by atoms with Gasteiger partial charge in [0.05, 0.1) is 4.92 Å². The molecule has 0 spiro atoms. The van der Waals surface area contributed by atoms with Gasteiger partial charge in [0.15, 0.2) is 5.11 Å². The summed E-state index contributed by atoms with van der Waals surface area (Å²) in [6, 6.07) is 7.76. The fourth-order valence-corrected chi connectivity index (χ4v) is 3.20. The maximum atomic E-state index is 11.8. The number of thiocarbonyl (C=S) groups is 1. The Morgan fingerprint density at radius 2 is 2.00 bits per heavy atom. The van der Waals surface area contributed by atoms with Crippen LogP contribution in [0.2, 0.25) is 0 Å². The first-order valence-electron chi connectivity index (χ1n) is 9.78. The molecule has 1 unspecified atom stereocenters. The summed E-state index contributed by atoms with van der Waals surface area (Å²) in [6.45, 7) is 1.79. The number of nitro benzene ring substituents is 1. The highest BCUT2D eigenvalue weighted by Gasteiger charge is 2.18. The van der Waals surface area contributed by atoms with E-state index in [0.29, 0.717) is 36.1 Å². The summed E-state index contributed by atoms with van der Waals surface area (Å²) in [7, 11) is 0. The van der Waals surface area contributed by atoms with E-state index < -0.39 is 10.8 Å². The highest BCUT2D eigenvalue weighted by atomic mass is 32.1. The lowest BCUT2D eigenvalue weighted by molar-refractivity contribution is -0.384. The van der Waals surface area contributed by atoms with Crippen molar-refractivity contribution in [3.8, 4) is 11.8 Å². The molecule has 31 heavy (non-hydrogen) atoms. The standard InChI is InChI=1S/C21H22N6O3S/c28-19(7-4-15-2-5-17(6-3-15)27(29)30)22-10-1-11-25-21(31)26-14-16-8-12-23-20-18(16)9-13-24-20/h2-3,5-6,9,12-13,16,24H,1,8,10-11,14H2,(H,22,28)(H2,25,26,31). The van der Waals surface area contributed by atoms with Crippen LogP contribution < -0.4 is 16.0 Å². The van der Waals surface area contributed by atoms with Crippen molar-refractivity contribution in [3.05, 3.63) is 57.8 Å². The molecule has 0 bridgehead atoms. The van der Waals surface area contributed by atoms with E-state index in [1.807, 2.05) is 18.5 Å². The van der Waals surface area contributed by atoms with E-state index in [1.54, 1.807) is 0 Å². The SMILES string of the molecule is O=C(C#Cc1ccc([N+](=O)[O-])cc1)NCCCNC(=S)NCC1CC=Nc2[nH]ccc21. The normalized spacial score (nSPS) is 14.0. The van der Waals surface area contributed by atoms with Gasteiger partial charge < -0.3 is 20.9 Å². The number of rotatable bonds is 7. The number of fused-ring (bicyclic) bond motifs is 1. The molecule has 0 fully saturated rings. The summed E-state index contributed by atoms with van der Waals surface area (Å²) in [5.74, 6) is 5.98. The Morgan fingerprint density at radius 1 is 1.23 bits per heavy atom. The Kier molecular flexibility index (Phi) is 7.73. The number of H-pyrrole nitrogens is 1. The number of amides is 1. The minimum atomic E-state index is -0.484. The van der Waals surface area contributed by atoms with Crippen molar-refractivity contribution in [1.82, 2.24) is 20.9 Å². The zero-order valence-corrected chi connectivity index (χ0v) is 17.5. The molecule has 0 radical (unpaired) electrons. The van der Waals surface area contributed by atoms with E-state index in [1.165, 1.54) is 29.8 Å². The van der Waals surface area contributed by atoms with E-state index in [2.05, 4.69) is 37.8 Å². The molecule has 9 nitrogen and oxygen atoms in total. The van der Waals surface area contributed by atoms with Crippen molar-refractivity contribution < 1.29 is 9.72 Å². The molecule has 10 heteroatoms. The molecule has 160 valence electrons. The summed E-state index contributed by atoms with van der Waals surface area (Å²) in [6.07, 6.45) is 5.36. The zero-order chi connectivity index (χ0) is 22.1. The van der Waals surface area contributed by atoms with E-state index in [-0.39, 0.29) is 5.69 Å². The number of benzene rings is 1. The molecule has 0 saturated carbocycles. The molecule has 1 amide bonds. The molecule has 1 aliphatic heterocycles. The van der Waals surface area contributed by atoms with Crippen LogP contribution in [0.15, 0.2) is 41.5 Å². The molecular weight excluding hydrogens is 416 g/mol. The molecule has 1 aliphatic rings. The van der Waals surface area contributed by atoms with Gasteiger partial charge in [0.1, 0.15) is 5.82 Å². The van der Waals surface area contributed by atoms with Crippen LogP contribution in [0.3, 0.4) is 0 Å². The number of nitrogens with one attached hydrogen (secondary N) is 4. The fraction of sp³-hybridized carbons (Fsp3) is 0.286. The molecule has 1 aromatic heterocycles. The van der Waals surface area contributed by atoms with Crippen LogP contribution in [0, 0.1) is 22.0 Å². The van der Waals surface area contributed by atoms with Gasteiger partial charge in [-0.05, 0) is 43.3 Å². The van der Waals surface area contributed by atoms with Gasteiger partial charge in [-0.2, -0.15) is 0 Å². The highest BCUT2D eigenvalue weighted by molar-refractivity contribution is 7.80. The minimum Gasteiger partial charge on any atom is -0.363 e. The number of aromatic amines is 1. The van der Waals surface area contributed by atoms with Crippen LogP contribution in [0.4, 0.5) is 11.5 Å². The Hall–Kier alpha value is -3.71. The summed E-state index contributed by atoms with van der Waals surface area (Å²) in [5, 5.41) is 20.2. The van der Waals surface area contributed by atoms with Gasteiger partial charge in [0, 0.05) is 67.1 Å². The molecule has 1 aromatic carbocycles. The van der Waals surface area contributed by atoms with Crippen LogP contribution >= 0.6 is 12.2 Å². The summed E-state index contributed by atoms with van der Waals surface area (Å²) in [5.41, 5.74) is 1.71. The molecule has 0 saturated heterocycles. The predicted octanol–water partition coefficient (Wildman–Crippen LogP) is 2.13. The first kappa shape index (κ1) is 22.0. The Bertz CT molecular complexity index is 1040. The molecule has 0 aliphatic carbocycles. The van der Waals surface area contributed by atoms with Gasteiger partial charge in [-0.25, -0.2) is 4.99 Å². The summed E-state index contributed by atoms with van der Waals surface area (Å²) in [4.78, 5) is 29.4. The summed E-state index contributed by atoms with van der Waals surface area (Å²) < 4.78 is 0. The number of aromatic nitrogens is 1. The number of hydrogen-bond acceptors (Lipinski definition) is 5. The number of nitrogens with zero attached hydrogens (tertiary/aromatic N) is 2. The lowest BCUT2D eigenvalue weighted by atomic mass is 9.96. The van der Waals surface area contributed by atoms with Gasteiger partial charge in [-0.3, -0.25) is 14.9 Å². The van der Waals surface area contributed by atoms with E-state index >= 15 is 0 Å². The van der Waals surface area contributed by atoms with Crippen LogP contribution in [-0.4, -0.2) is 46.8 Å². The number of non-ortho nitro benzene ring substituents is 1. The third kappa shape index (κ3) is 6.65. The van der Waals surface area contributed by atoms with Crippen molar-refractivity contribution in [3.63, 3.8) is 0 Å². The maximum absolute atomic E-state index is 11.8. The van der Waals surface area contributed by atoms with E-state index in [4.69, 9.17) is 12.2 Å². The van der Waals surface area contributed by atoms with E-state index in [0.717, 1.165) is 18.8 Å². The second-order valence-corrected chi connectivity index (χ2v) is 7.23. The Morgan fingerprint density at radius 3 is 2.77 bits per heavy atom. The maximum Gasteiger partial charge on any atom is 0.296 e. The Labute approximate surface area is 184 Å². The molecule has 4 N–H and O–H groups in total. The molecule has 1 atom stereocenters. The average Bonchev–Trinajstić information content (AvgIpc) is 3.26. The van der Waals surface area contributed by atoms with Crippen molar-refractivity contribution in [2.24, 2.45) is 4.99 Å². The highest BCUT2D eigenvalue weighted by Crippen LogP contribution is 2.30. The molecule has 3 rings (SSSR count). The second-order valence-electron chi connectivity index (χ2n) is 6.83. The van der Waals surface area contributed by atoms with Crippen LogP contribution in [0.25, 0.3) is 0 Å². The lowest BCUT2D eigenvalue weighted by Crippen LogP contribution is -2.39. The smallest absolute Gasteiger partial charge is 0.296 e. The van der Waals surface area contributed by atoms with Crippen LogP contribution in [0.1, 0.15) is 29.9 Å². The van der Waals surface area contributed by atoms with Crippen molar-refractivity contribution in [2.75, 3.05) is 19.6 Å². The summed E-state index contributed by atoms with van der Waals surface area (Å²) >= 11 is 5.31. The number of hydrogen-bond donors (Lipinski definition) is 4. The fourth-order valence-electron chi connectivity index (χ4n) is 3.02. The predicted molar refractivity (Wildman–Crippen MR) is 123 cm³/mol. The third-order valence-electron chi connectivity index (χ3n) is 4.64. The van der Waals surface area contributed by atoms with Crippen LogP contribution in [0.5, 0.6) is 0 Å². The van der Waals surface area contributed by atoms with Gasteiger partial charge in [0.25, 0.3) is 11.6 Å². The monoisotopic (exact) mass is 438 g/mol. The van der Waals surface area contributed by atoms with Gasteiger partial charge in [0.2, 0.25) is 0 Å². The van der Waals surface area contributed by atoms with E-state index in [9.17, 15) is 14.9 Å². The van der Waals surface area contributed by atoms with Gasteiger partial charge in [-0.1, -0.05) is 5.92 Å². The minimum absolute atomic E-state index is 0.0169. The molecule has 2 aromatic rings. The van der Waals surface area contributed by atoms with Crippen molar-refractivity contribution >= 4 is 41.0 Å². The molecule has 2 heterocycles. The Balaban J connectivity index is 1.29. The average molecular weight is 439 g/mol. The number of carbonyl (C=O) groups is 1. The second kappa shape index (κ2) is 10.9. The topological polar surface area (TPSA) is 124 Å². The van der Waals surface area contributed by atoms with Crippen LogP contribution in [-0.2, 0) is 4.79 Å². The lowest BCUT2D eigenvalue weighted by Gasteiger charge is -2.19.